The summed E-state index contributed by atoms with van der Waals surface area (Å²) in [6.07, 6.45) is 5.95. The molecule has 3 heterocycles. The lowest BCUT2D eigenvalue weighted by molar-refractivity contribution is 0.398. The van der Waals surface area contributed by atoms with Gasteiger partial charge in [-0.2, -0.15) is 5.10 Å². The van der Waals surface area contributed by atoms with E-state index in [4.69, 9.17) is 16.3 Å². The van der Waals surface area contributed by atoms with E-state index in [0.29, 0.717) is 17.3 Å². The lowest BCUT2D eigenvalue weighted by Gasteiger charge is -2.08. The number of rotatable bonds is 4. The first-order valence-corrected chi connectivity index (χ1v) is 7.35. The number of aromatic nitrogens is 4. The van der Waals surface area contributed by atoms with Gasteiger partial charge in [-0.05, 0) is 19.9 Å². The first kappa shape index (κ1) is 14.7. The molecule has 1 aliphatic rings. The summed E-state index contributed by atoms with van der Waals surface area (Å²) in [6.45, 7) is 4.12. The minimum atomic E-state index is 0.226. The summed E-state index contributed by atoms with van der Waals surface area (Å²) >= 11 is 6.29. The maximum absolute atomic E-state index is 6.29. The predicted molar refractivity (Wildman–Crippen MR) is 85.3 cm³/mol. The first-order valence-electron chi connectivity index (χ1n) is 6.97. The fourth-order valence-corrected chi connectivity index (χ4v) is 2.54. The molecule has 0 amide bonds. The van der Waals surface area contributed by atoms with E-state index in [0.717, 1.165) is 22.8 Å². The van der Waals surface area contributed by atoms with Gasteiger partial charge in [-0.25, -0.2) is 19.6 Å². The number of hydrogen-bond acceptors (Lipinski definition) is 5. The molecule has 0 bridgehead atoms. The highest BCUT2D eigenvalue weighted by molar-refractivity contribution is 6.34. The zero-order valence-electron chi connectivity index (χ0n) is 12.6. The van der Waals surface area contributed by atoms with E-state index >= 15 is 0 Å². The molecule has 22 heavy (non-hydrogen) atoms. The Balaban J connectivity index is 1.92. The van der Waals surface area contributed by atoms with E-state index < -0.39 is 0 Å². The monoisotopic (exact) mass is 317 g/mol. The molecule has 0 atom stereocenters. The van der Waals surface area contributed by atoms with Crippen molar-refractivity contribution in [1.82, 2.24) is 19.7 Å². The van der Waals surface area contributed by atoms with Gasteiger partial charge in [-0.15, -0.1) is 0 Å². The molecule has 114 valence electrons. The van der Waals surface area contributed by atoms with Crippen molar-refractivity contribution >= 4 is 23.0 Å². The second-order valence-corrected chi connectivity index (χ2v) is 5.59. The second kappa shape index (κ2) is 5.88. The smallest absolute Gasteiger partial charge is 0.214 e. The lowest BCUT2D eigenvalue weighted by atomic mass is 10.1. The van der Waals surface area contributed by atoms with Crippen LogP contribution < -0.4 is 4.74 Å². The van der Waals surface area contributed by atoms with Crippen LogP contribution in [0, 0.1) is 0 Å². The number of pyridine rings is 1. The molecule has 0 fully saturated rings. The molecule has 0 radical (unpaired) electrons. The highest BCUT2D eigenvalue weighted by atomic mass is 35.5. The summed E-state index contributed by atoms with van der Waals surface area (Å²) in [5.41, 5.74) is 2.49. The SMILES string of the molecule is COc1cc(Cl)c(C2=NC(c3ncnn3C(C)C)=CC2)cn1. The zero-order chi connectivity index (χ0) is 15.7. The van der Waals surface area contributed by atoms with Crippen LogP contribution in [-0.2, 0) is 0 Å². The molecule has 6 nitrogen and oxygen atoms in total. The summed E-state index contributed by atoms with van der Waals surface area (Å²) in [5.74, 6) is 1.25. The fraction of sp³-hybridized carbons (Fsp3) is 0.333. The van der Waals surface area contributed by atoms with Gasteiger partial charge in [0.05, 0.1) is 17.8 Å². The van der Waals surface area contributed by atoms with Gasteiger partial charge in [0.15, 0.2) is 5.82 Å². The fourth-order valence-electron chi connectivity index (χ4n) is 2.29. The van der Waals surface area contributed by atoms with E-state index in [-0.39, 0.29) is 6.04 Å². The number of allylic oxidation sites excluding steroid dienone is 1. The molecule has 0 aromatic carbocycles. The van der Waals surface area contributed by atoms with E-state index in [1.165, 1.54) is 0 Å². The van der Waals surface area contributed by atoms with E-state index in [9.17, 15) is 0 Å². The molecule has 1 aliphatic heterocycles. The van der Waals surface area contributed by atoms with Crippen LogP contribution in [0.3, 0.4) is 0 Å². The van der Waals surface area contributed by atoms with Crippen LogP contribution in [0.5, 0.6) is 5.88 Å². The van der Waals surface area contributed by atoms with Crippen LogP contribution in [-0.4, -0.2) is 32.6 Å². The van der Waals surface area contributed by atoms with E-state index in [1.807, 2.05) is 10.8 Å². The van der Waals surface area contributed by atoms with Crippen LogP contribution in [0.2, 0.25) is 5.02 Å². The minimum absolute atomic E-state index is 0.226. The summed E-state index contributed by atoms with van der Waals surface area (Å²) < 4.78 is 6.92. The van der Waals surface area contributed by atoms with E-state index in [1.54, 1.807) is 25.7 Å². The highest BCUT2D eigenvalue weighted by Gasteiger charge is 2.19. The zero-order valence-corrected chi connectivity index (χ0v) is 13.4. The Kier molecular flexibility index (Phi) is 3.94. The van der Waals surface area contributed by atoms with Crippen LogP contribution in [0.25, 0.3) is 5.70 Å². The number of methoxy groups -OCH3 is 1. The van der Waals surface area contributed by atoms with Gasteiger partial charge in [-0.3, -0.25) is 0 Å². The van der Waals surface area contributed by atoms with Gasteiger partial charge in [0, 0.05) is 30.3 Å². The summed E-state index contributed by atoms with van der Waals surface area (Å²) in [6, 6.07) is 1.91. The second-order valence-electron chi connectivity index (χ2n) is 5.18. The molecule has 2 aromatic rings. The van der Waals surface area contributed by atoms with Crippen molar-refractivity contribution in [3.63, 3.8) is 0 Å². The van der Waals surface area contributed by atoms with Gasteiger partial charge in [-0.1, -0.05) is 11.6 Å². The molecule has 0 aliphatic carbocycles. The Hall–Kier alpha value is -2.21. The van der Waals surface area contributed by atoms with Crippen molar-refractivity contribution in [2.75, 3.05) is 7.11 Å². The number of halogens is 1. The van der Waals surface area contributed by atoms with Crippen LogP contribution >= 0.6 is 11.6 Å². The van der Waals surface area contributed by atoms with Crippen LogP contribution in [0.4, 0.5) is 0 Å². The molecule has 0 saturated heterocycles. The van der Waals surface area contributed by atoms with E-state index in [2.05, 4.69) is 33.9 Å². The first-order chi connectivity index (χ1) is 10.6. The summed E-state index contributed by atoms with van der Waals surface area (Å²) in [7, 11) is 1.56. The average molecular weight is 318 g/mol. The third-order valence-corrected chi connectivity index (χ3v) is 3.70. The molecular weight excluding hydrogens is 302 g/mol. The molecule has 0 saturated carbocycles. The van der Waals surface area contributed by atoms with Gasteiger partial charge in [0.1, 0.15) is 12.0 Å². The summed E-state index contributed by atoms with van der Waals surface area (Å²) in [4.78, 5) is 13.1. The molecule has 2 aromatic heterocycles. The Morgan fingerprint density at radius 3 is 2.82 bits per heavy atom. The standard InChI is InChI=1S/C15H16ClN5O/c1-9(2)21-15(18-8-19-21)13-5-4-12(20-13)10-7-17-14(22-3)6-11(10)16/h5-9H,4H2,1-3H3. The van der Waals surface area contributed by atoms with Gasteiger partial charge in [0.2, 0.25) is 5.88 Å². The minimum Gasteiger partial charge on any atom is -0.481 e. The Labute approximate surface area is 133 Å². The number of nitrogens with zero attached hydrogens (tertiary/aromatic N) is 5. The van der Waals surface area contributed by atoms with Gasteiger partial charge in [0.25, 0.3) is 0 Å². The molecule has 0 spiro atoms. The average Bonchev–Trinajstić information content (AvgIpc) is 3.15. The molecule has 3 rings (SSSR count). The molecule has 0 unspecified atom stereocenters. The molecule has 7 heteroatoms. The van der Waals surface area contributed by atoms with Crippen molar-refractivity contribution in [2.24, 2.45) is 4.99 Å². The summed E-state index contributed by atoms with van der Waals surface area (Å²) in [5, 5.41) is 4.81. The molecule has 0 N–H and O–H groups in total. The Morgan fingerprint density at radius 2 is 2.14 bits per heavy atom. The van der Waals surface area contributed by atoms with Crippen molar-refractivity contribution in [1.29, 1.82) is 0 Å². The largest absolute Gasteiger partial charge is 0.481 e. The normalized spacial score (nSPS) is 14.2. The molecular formula is C15H16ClN5O. The maximum atomic E-state index is 6.29. The Bertz CT molecular complexity index is 763. The number of hydrogen-bond donors (Lipinski definition) is 0. The maximum Gasteiger partial charge on any atom is 0.214 e. The third-order valence-electron chi connectivity index (χ3n) is 3.38. The Morgan fingerprint density at radius 1 is 1.32 bits per heavy atom. The van der Waals surface area contributed by atoms with Crippen LogP contribution in [0.15, 0.2) is 29.7 Å². The van der Waals surface area contributed by atoms with Crippen molar-refractivity contribution in [3.8, 4) is 5.88 Å². The van der Waals surface area contributed by atoms with Crippen molar-refractivity contribution < 1.29 is 4.74 Å². The predicted octanol–water partition coefficient (Wildman–Crippen LogP) is 3.15. The van der Waals surface area contributed by atoms with Crippen LogP contribution in [0.1, 0.15) is 37.7 Å². The quantitative estimate of drug-likeness (QED) is 0.869. The van der Waals surface area contributed by atoms with Crippen molar-refractivity contribution in [2.45, 2.75) is 26.3 Å². The van der Waals surface area contributed by atoms with Gasteiger partial charge >= 0.3 is 0 Å². The number of aliphatic imine (C=N–C) groups is 1. The van der Waals surface area contributed by atoms with Gasteiger partial charge < -0.3 is 4.74 Å². The van der Waals surface area contributed by atoms with Crippen molar-refractivity contribution in [3.05, 3.63) is 41.1 Å². The third kappa shape index (κ3) is 2.62. The topological polar surface area (TPSA) is 65.2 Å². The number of ether oxygens (including phenoxy) is 1. The highest BCUT2D eigenvalue weighted by Crippen LogP contribution is 2.28. The lowest BCUT2D eigenvalue weighted by Crippen LogP contribution is -2.07.